The van der Waals surface area contributed by atoms with Crippen LogP contribution in [-0.2, 0) is 38.7 Å². The van der Waals surface area contributed by atoms with E-state index in [4.69, 9.17) is 0 Å². The van der Waals surface area contributed by atoms with Crippen molar-refractivity contribution in [1.29, 1.82) is 0 Å². The third-order valence-electron chi connectivity index (χ3n) is 10.2. The van der Waals surface area contributed by atoms with Crippen molar-refractivity contribution in [2.24, 2.45) is 0 Å². The fraction of sp³-hybridized carbons (Fsp3) is 0.0833. The minimum Gasteiger partial charge on any atom is -0.358 e. The Balaban J connectivity index is 0.00000162. The molecule has 0 N–H and O–H groups in total. The van der Waals surface area contributed by atoms with Gasteiger partial charge in [-0.1, -0.05) is 146 Å². The molecule has 0 unspecified atom stereocenters. The molecule has 0 radical (unpaired) electrons. The van der Waals surface area contributed by atoms with Crippen molar-refractivity contribution in [3.63, 3.8) is 0 Å². The van der Waals surface area contributed by atoms with Crippen LogP contribution < -0.4 is 20.7 Å². The van der Waals surface area contributed by atoms with Crippen LogP contribution in [0.1, 0.15) is 25.0 Å². The molecule has 244 valence electrons. The first-order chi connectivity index (χ1) is 23.2. The summed E-state index contributed by atoms with van der Waals surface area (Å²) >= 11 is 0. The number of rotatable bonds is 8. The van der Waals surface area contributed by atoms with Crippen molar-refractivity contribution in [2.75, 3.05) is 0 Å². The Morgan fingerprint density at radius 2 is 0.780 bits per heavy atom. The molecule has 8 aromatic rings. The van der Waals surface area contributed by atoms with Crippen LogP contribution in [0.3, 0.4) is 0 Å². The Bertz CT molecular complexity index is 2160. The summed E-state index contributed by atoms with van der Waals surface area (Å²) < 4.78 is 0. The fourth-order valence-electron chi connectivity index (χ4n) is 7.93. The monoisotopic (exact) mass is 828 g/mol. The molecular formula is C48H44HfSi. The molecule has 0 aliphatic carbocycles. The van der Waals surface area contributed by atoms with Crippen molar-refractivity contribution < 1.29 is 25.8 Å². The zero-order valence-electron chi connectivity index (χ0n) is 29.6. The molecule has 8 aromatic carbocycles. The number of fused-ring (bicyclic) bond motifs is 2. The van der Waals surface area contributed by atoms with E-state index in [1.807, 2.05) is 0 Å². The quantitative estimate of drug-likeness (QED) is 0.106. The largest absolute Gasteiger partial charge is 4.00 e. The van der Waals surface area contributed by atoms with Crippen LogP contribution in [0, 0.1) is 14.9 Å². The van der Waals surface area contributed by atoms with Crippen LogP contribution in [0.2, 0.25) is 0 Å². The van der Waals surface area contributed by atoms with Crippen molar-refractivity contribution in [2.45, 2.75) is 26.7 Å². The summed E-state index contributed by atoms with van der Waals surface area (Å²) in [5.41, 5.74) is 8.09. The summed E-state index contributed by atoms with van der Waals surface area (Å²) in [7, 11) is -2.76. The van der Waals surface area contributed by atoms with Gasteiger partial charge in [-0.15, -0.1) is 68.3 Å². The van der Waals surface area contributed by atoms with E-state index in [2.05, 4.69) is 184 Å². The predicted octanol–water partition coefficient (Wildman–Crippen LogP) is 10.2. The van der Waals surface area contributed by atoms with E-state index < -0.39 is 8.07 Å². The maximum Gasteiger partial charge on any atom is 4.00 e. The second-order valence-electron chi connectivity index (χ2n) is 12.6. The predicted molar refractivity (Wildman–Crippen MR) is 219 cm³/mol. The van der Waals surface area contributed by atoms with Crippen LogP contribution in [-0.4, -0.2) is 8.07 Å². The summed E-state index contributed by atoms with van der Waals surface area (Å²) in [6.07, 6.45) is 2.02. The molecule has 0 aromatic heterocycles. The topological polar surface area (TPSA) is 0 Å². The van der Waals surface area contributed by atoms with E-state index in [0.717, 1.165) is 12.8 Å². The molecule has 0 fully saturated rings. The Kier molecular flexibility index (Phi) is 11.6. The van der Waals surface area contributed by atoms with Gasteiger partial charge in [-0.3, -0.25) is 0 Å². The number of benzene rings is 6. The van der Waals surface area contributed by atoms with Crippen molar-refractivity contribution in [3.8, 4) is 22.3 Å². The van der Waals surface area contributed by atoms with Crippen molar-refractivity contribution in [1.82, 2.24) is 0 Å². The Hall–Kier alpha value is -4.37. The second kappa shape index (κ2) is 15.7. The van der Waals surface area contributed by atoms with Gasteiger partial charge >= 0.3 is 25.8 Å². The first-order valence-corrected chi connectivity index (χ1v) is 18.9. The van der Waals surface area contributed by atoms with E-state index in [-0.39, 0.29) is 40.7 Å². The molecule has 50 heavy (non-hydrogen) atoms. The van der Waals surface area contributed by atoms with E-state index in [9.17, 15) is 0 Å². The van der Waals surface area contributed by atoms with Crippen LogP contribution in [0.4, 0.5) is 0 Å². The van der Waals surface area contributed by atoms with Gasteiger partial charge in [-0.2, -0.15) is 12.1 Å². The van der Waals surface area contributed by atoms with Gasteiger partial charge < -0.3 is 14.9 Å². The SMILES string of the molecule is CCc1ccccc1-c1cccc2[cH-]c([Si](c3ccccc3)(c3ccccc3)c3cc4c(-c5ccccc5CC)cccc4[cH-]3)cc12.[CH3-].[CH3-].[Hf+4]. The first kappa shape index (κ1) is 36.9. The van der Waals surface area contributed by atoms with Gasteiger partial charge in [0.1, 0.15) is 8.07 Å². The molecule has 0 spiro atoms. The number of aryl methyl sites for hydroxylation is 2. The minimum atomic E-state index is -2.76. The van der Waals surface area contributed by atoms with Crippen molar-refractivity contribution >= 4 is 50.4 Å². The third kappa shape index (κ3) is 6.14. The molecule has 0 bridgehead atoms. The van der Waals surface area contributed by atoms with Crippen LogP contribution in [0.5, 0.6) is 0 Å². The van der Waals surface area contributed by atoms with Gasteiger partial charge in [0.25, 0.3) is 0 Å². The normalized spacial score (nSPS) is 11.1. The van der Waals surface area contributed by atoms with Gasteiger partial charge in [0.15, 0.2) is 0 Å². The Morgan fingerprint density at radius 3 is 1.18 bits per heavy atom. The minimum absolute atomic E-state index is 0. The van der Waals surface area contributed by atoms with E-state index >= 15 is 0 Å². The molecule has 0 heterocycles. The molecule has 8 rings (SSSR count). The average molecular weight is 827 g/mol. The maximum atomic E-state index is 2.54. The van der Waals surface area contributed by atoms with Gasteiger partial charge in [0, 0.05) is 0 Å². The summed E-state index contributed by atoms with van der Waals surface area (Å²) in [6.45, 7) is 4.51. The van der Waals surface area contributed by atoms with Gasteiger partial charge in [0.2, 0.25) is 0 Å². The number of hydrogen-bond acceptors (Lipinski definition) is 0. The Morgan fingerprint density at radius 1 is 0.420 bits per heavy atom. The molecule has 0 saturated heterocycles. The summed E-state index contributed by atoms with van der Waals surface area (Å²) in [6, 6.07) is 64.2. The molecule has 0 saturated carbocycles. The van der Waals surface area contributed by atoms with E-state index in [1.165, 1.54) is 75.7 Å². The molecule has 0 nitrogen and oxygen atoms in total. The van der Waals surface area contributed by atoms with Crippen LogP contribution >= 0.6 is 0 Å². The van der Waals surface area contributed by atoms with E-state index in [1.54, 1.807) is 0 Å². The number of hydrogen-bond donors (Lipinski definition) is 0. The molecular weight excluding hydrogens is 783 g/mol. The van der Waals surface area contributed by atoms with E-state index in [0.29, 0.717) is 0 Å². The molecule has 2 heteroatoms. The summed E-state index contributed by atoms with van der Waals surface area (Å²) in [4.78, 5) is 0. The second-order valence-corrected chi connectivity index (χ2v) is 16.4. The average Bonchev–Trinajstić information content (AvgIpc) is 3.78. The first-order valence-electron chi connectivity index (χ1n) is 16.9. The smallest absolute Gasteiger partial charge is 0.358 e. The van der Waals surface area contributed by atoms with Crippen molar-refractivity contribution in [3.05, 3.63) is 196 Å². The zero-order valence-corrected chi connectivity index (χ0v) is 34.2. The molecule has 0 amide bonds. The fourth-order valence-corrected chi connectivity index (χ4v) is 12.8. The molecule has 0 atom stereocenters. The summed E-state index contributed by atoms with van der Waals surface area (Å²) in [5, 5.41) is 10.9. The standard InChI is InChI=1S/C46H38Si.2CH3.Hf/c1-3-33-17-11-13-25-41(33)43-27-15-19-35-29-39(31-45(35)43)47(37-21-7-5-8-22-37,38-23-9-6-10-24-38)40-30-36-20-16-28-44(46(36)32-40)42-26-14-12-18-34(42)4-2;;;/h5-32H,3-4H2,1-2H3;2*1H3;/q-2;2*-1;+4. The Labute approximate surface area is 319 Å². The van der Waals surface area contributed by atoms with Gasteiger partial charge in [-0.25, -0.2) is 0 Å². The maximum absolute atomic E-state index is 2.76. The van der Waals surface area contributed by atoms with Gasteiger partial charge in [-0.05, 0) is 45.5 Å². The zero-order chi connectivity index (χ0) is 31.8. The van der Waals surface area contributed by atoms with Gasteiger partial charge in [0.05, 0.1) is 0 Å². The molecule has 0 aliphatic rings. The van der Waals surface area contributed by atoms with Crippen LogP contribution in [0.15, 0.2) is 170 Å². The third-order valence-corrected chi connectivity index (χ3v) is 14.9. The molecule has 0 aliphatic heterocycles. The summed E-state index contributed by atoms with van der Waals surface area (Å²) in [5.74, 6) is 0. The van der Waals surface area contributed by atoms with Crippen LogP contribution in [0.25, 0.3) is 43.8 Å².